The van der Waals surface area contributed by atoms with Crippen molar-refractivity contribution in [3.05, 3.63) is 0 Å². The van der Waals surface area contributed by atoms with Crippen molar-refractivity contribution in [2.75, 3.05) is 19.8 Å². The van der Waals surface area contributed by atoms with Gasteiger partial charge in [0.1, 0.15) is 0 Å². The molecular formula is C13H27NO. The van der Waals surface area contributed by atoms with Crippen molar-refractivity contribution in [1.29, 1.82) is 0 Å². The molecule has 0 saturated carbocycles. The summed E-state index contributed by atoms with van der Waals surface area (Å²) in [5, 5.41) is 3.70. The van der Waals surface area contributed by atoms with Crippen LogP contribution in [-0.4, -0.2) is 25.8 Å². The van der Waals surface area contributed by atoms with E-state index in [0.29, 0.717) is 17.4 Å². The molecule has 0 spiro atoms. The Morgan fingerprint density at radius 1 is 1.40 bits per heavy atom. The zero-order valence-corrected chi connectivity index (χ0v) is 10.8. The minimum atomic E-state index is 0.334. The molecule has 2 nitrogen and oxygen atoms in total. The predicted molar refractivity (Wildman–Crippen MR) is 65.1 cm³/mol. The van der Waals surface area contributed by atoms with E-state index in [4.69, 9.17) is 4.74 Å². The molecular weight excluding hydrogens is 186 g/mol. The van der Waals surface area contributed by atoms with Gasteiger partial charge >= 0.3 is 0 Å². The Morgan fingerprint density at radius 2 is 2.13 bits per heavy atom. The van der Waals surface area contributed by atoms with Gasteiger partial charge in [-0.25, -0.2) is 0 Å². The van der Waals surface area contributed by atoms with Crippen LogP contribution in [0.3, 0.4) is 0 Å². The van der Waals surface area contributed by atoms with Crippen LogP contribution in [0.4, 0.5) is 0 Å². The van der Waals surface area contributed by atoms with Crippen LogP contribution in [0.5, 0.6) is 0 Å². The summed E-state index contributed by atoms with van der Waals surface area (Å²) in [7, 11) is 0. The Kier molecular flexibility index (Phi) is 5.07. The molecule has 1 heterocycles. The number of hydrogen-bond donors (Lipinski definition) is 1. The van der Waals surface area contributed by atoms with Gasteiger partial charge in [0.25, 0.3) is 0 Å². The molecule has 0 aromatic rings. The molecule has 2 heteroatoms. The highest BCUT2D eigenvalue weighted by Gasteiger charge is 2.32. The van der Waals surface area contributed by atoms with Crippen LogP contribution in [0.15, 0.2) is 0 Å². The Bertz CT molecular complexity index is 168. The van der Waals surface area contributed by atoms with E-state index in [-0.39, 0.29) is 0 Å². The summed E-state index contributed by atoms with van der Waals surface area (Å²) in [6.07, 6.45) is 3.75. The van der Waals surface area contributed by atoms with Gasteiger partial charge in [0, 0.05) is 12.6 Å². The monoisotopic (exact) mass is 213 g/mol. The molecule has 0 bridgehead atoms. The number of ether oxygens (including phenoxy) is 1. The summed E-state index contributed by atoms with van der Waals surface area (Å²) in [5.41, 5.74) is 0.334. The largest absolute Gasteiger partial charge is 0.381 e. The zero-order chi connectivity index (χ0) is 11.3. The van der Waals surface area contributed by atoms with E-state index in [2.05, 4.69) is 33.0 Å². The van der Waals surface area contributed by atoms with Gasteiger partial charge in [0.2, 0.25) is 0 Å². The number of hydrogen-bond acceptors (Lipinski definition) is 2. The van der Waals surface area contributed by atoms with Crippen molar-refractivity contribution in [2.45, 2.75) is 53.0 Å². The van der Waals surface area contributed by atoms with E-state index in [1.165, 1.54) is 19.3 Å². The maximum absolute atomic E-state index is 5.60. The van der Waals surface area contributed by atoms with Gasteiger partial charge in [0.15, 0.2) is 0 Å². The molecule has 0 radical (unpaired) electrons. The van der Waals surface area contributed by atoms with Crippen LogP contribution in [-0.2, 0) is 4.74 Å². The predicted octanol–water partition coefficient (Wildman–Crippen LogP) is 2.83. The van der Waals surface area contributed by atoms with Gasteiger partial charge in [-0.05, 0) is 37.1 Å². The molecule has 1 rings (SSSR count). The maximum Gasteiger partial charge on any atom is 0.0509 e. The SMILES string of the molecule is CCCNC(C1CCCOC1)C(C)(C)C. The molecule has 90 valence electrons. The second-order valence-corrected chi connectivity index (χ2v) is 5.78. The van der Waals surface area contributed by atoms with Crippen LogP contribution in [0.25, 0.3) is 0 Å². The highest BCUT2D eigenvalue weighted by atomic mass is 16.5. The smallest absolute Gasteiger partial charge is 0.0509 e. The molecule has 1 aliphatic heterocycles. The average Bonchev–Trinajstić information content (AvgIpc) is 2.18. The summed E-state index contributed by atoms with van der Waals surface area (Å²) in [6.45, 7) is 12.2. The first-order valence-electron chi connectivity index (χ1n) is 6.37. The van der Waals surface area contributed by atoms with E-state index in [9.17, 15) is 0 Å². The highest BCUT2D eigenvalue weighted by molar-refractivity contribution is 4.87. The van der Waals surface area contributed by atoms with Crippen molar-refractivity contribution in [3.8, 4) is 0 Å². The third-order valence-corrected chi connectivity index (χ3v) is 3.21. The standard InChI is InChI=1S/C13H27NO/c1-5-8-14-12(13(2,3)4)11-7-6-9-15-10-11/h11-12,14H,5-10H2,1-4H3. The molecule has 0 aromatic carbocycles. The van der Waals surface area contributed by atoms with E-state index in [0.717, 1.165) is 19.8 Å². The lowest BCUT2D eigenvalue weighted by Gasteiger charge is -2.39. The number of nitrogens with one attached hydrogen (secondary N) is 1. The van der Waals surface area contributed by atoms with Crippen LogP contribution >= 0.6 is 0 Å². The third kappa shape index (κ3) is 4.12. The van der Waals surface area contributed by atoms with Gasteiger partial charge in [-0.1, -0.05) is 27.7 Å². The van der Waals surface area contributed by atoms with E-state index >= 15 is 0 Å². The lowest BCUT2D eigenvalue weighted by atomic mass is 9.77. The van der Waals surface area contributed by atoms with Crippen molar-refractivity contribution in [3.63, 3.8) is 0 Å². The van der Waals surface area contributed by atoms with Crippen molar-refractivity contribution < 1.29 is 4.74 Å². The van der Waals surface area contributed by atoms with Gasteiger partial charge in [-0.3, -0.25) is 0 Å². The molecule has 1 fully saturated rings. The zero-order valence-electron chi connectivity index (χ0n) is 10.8. The minimum Gasteiger partial charge on any atom is -0.381 e. The van der Waals surface area contributed by atoms with E-state index in [1.807, 2.05) is 0 Å². The molecule has 2 atom stereocenters. The first kappa shape index (κ1) is 13.0. The molecule has 15 heavy (non-hydrogen) atoms. The highest BCUT2D eigenvalue weighted by Crippen LogP contribution is 2.30. The minimum absolute atomic E-state index is 0.334. The summed E-state index contributed by atoms with van der Waals surface area (Å²) >= 11 is 0. The van der Waals surface area contributed by atoms with Gasteiger partial charge in [0.05, 0.1) is 6.61 Å². The summed E-state index contributed by atoms with van der Waals surface area (Å²) in [5.74, 6) is 0.699. The fourth-order valence-electron chi connectivity index (χ4n) is 2.51. The van der Waals surface area contributed by atoms with Crippen molar-refractivity contribution >= 4 is 0 Å². The molecule has 0 aliphatic carbocycles. The summed E-state index contributed by atoms with van der Waals surface area (Å²) < 4.78 is 5.60. The summed E-state index contributed by atoms with van der Waals surface area (Å²) in [4.78, 5) is 0. The van der Waals surface area contributed by atoms with E-state index < -0.39 is 0 Å². The average molecular weight is 213 g/mol. The third-order valence-electron chi connectivity index (χ3n) is 3.21. The van der Waals surface area contributed by atoms with Crippen molar-refractivity contribution in [2.24, 2.45) is 11.3 Å². The Labute approximate surface area is 94.8 Å². The molecule has 1 aliphatic rings. The lowest BCUT2D eigenvalue weighted by molar-refractivity contribution is 0.0183. The Morgan fingerprint density at radius 3 is 2.60 bits per heavy atom. The van der Waals surface area contributed by atoms with Crippen LogP contribution in [0, 0.1) is 11.3 Å². The lowest BCUT2D eigenvalue weighted by Crippen LogP contribution is -2.48. The molecule has 0 amide bonds. The normalized spacial score (nSPS) is 25.2. The van der Waals surface area contributed by atoms with Gasteiger partial charge in [-0.15, -0.1) is 0 Å². The second-order valence-electron chi connectivity index (χ2n) is 5.78. The Balaban J connectivity index is 2.53. The topological polar surface area (TPSA) is 21.3 Å². The first-order valence-corrected chi connectivity index (χ1v) is 6.37. The molecule has 1 N–H and O–H groups in total. The van der Waals surface area contributed by atoms with E-state index in [1.54, 1.807) is 0 Å². The molecule has 1 saturated heterocycles. The van der Waals surface area contributed by atoms with Crippen LogP contribution < -0.4 is 5.32 Å². The number of rotatable bonds is 4. The molecule has 0 aromatic heterocycles. The van der Waals surface area contributed by atoms with Crippen LogP contribution in [0.2, 0.25) is 0 Å². The van der Waals surface area contributed by atoms with Gasteiger partial charge in [-0.2, -0.15) is 0 Å². The second kappa shape index (κ2) is 5.86. The maximum atomic E-state index is 5.60. The summed E-state index contributed by atoms with van der Waals surface area (Å²) in [6, 6.07) is 0.595. The first-order chi connectivity index (χ1) is 7.05. The fourth-order valence-corrected chi connectivity index (χ4v) is 2.51. The quantitative estimate of drug-likeness (QED) is 0.775. The van der Waals surface area contributed by atoms with Gasteiger partial charge < -0.3 is 10.1 Å². The van der Waals surface area contributed by atoms with Crippen LogP contribution in [0.1, 0.15) is 47.0 Å². The van der Waals surface area contributed by atoms with Crippen molar-refractivity contribution in [1.82, 2.24) is 5.32 Å². The fraction of sp³-hybridized carbons (Fsp3) is 1.00. The molecule has 2 unspecified atom stereocenters. The Hall–Kier alpha value is -0.0800.